The molecule has 0 heterocycles. The molecule has 0 spiro atoms. The van der Waals surface area contributed by atoms with Crippen LogP contribution in [0.1, 0.15) is 86.0 Å². The second kappa shape index (κ2) is 8.63. The molecule has 34 heavy (non-hydrogen) atoms. The minimum atomic E-state index is -1.00. The number of rotatable bonds is 6. The largest absolute Gasteiger partial charge is 0.393 e. The van der Waals surface area contributed by atoms with Gasteiger partial charge in [-0.05, 0) is 100 Å². The lowest BCUT2D eigenvalue weighted by Gasteiger charge is -2.60. The molecule has 4 aliphatic carbocycles. The third kappa shape index (κ3) is 3.82. The topological polar surface area (TPSA) is 127 Å². The van der Waals surface area contributed by atoms with Gasteiger partial charge in [0.15, 0.2) is 5.78 Å². The van der Waals surface area contributed by atoms with Gasteiger partial charge in [-0.25, -0.2) is 4.89 Å². The zero-order valence-corrected chi connectivity index (χ0v) is 21.3. The van der Waals surface area contributed by atoms with Crippen LogP contribution in [-0.2, 0) is 9.68 Å². The highest BCUT2D eigenvalue weighted by Gasteiger charge is 2.69. The predicted octanol–water partition coefficient (Wildman–Crippen LogP) is 3.24. The number of aliphatic hydroxyl groups is 4. The van der Waals surface area contributed by atoms with Gasteiger partial charge in [0.2, 0.25) is 0 Å². The Morgan fingerprint density at radius 1 is 1.15 bits per heavy atom. The lowest BCUT2D eigenvalue weighted by Crippen LogP contribution is -2.61. The molecule has 7 heteroatoms. The number of aliphatic hydroxyl groups excluding tert-OH is 3. The summed E-state index contributed by atoms with van der Waals surface area (Å²) in [5, 5.41) is 52.3. The summed E-state index contributed by atoms with van der Waals surface area (Å²) in [7, 11) is 0. The lowest BCUT2D eigenvalue weighted by atomic mass is 9.45. The minimum Gasteiger partial charge on any atom is -0.393 e. The zero-order valence-electron chi connectivity index (χ0n) is 21.3. The average Bonchev–Trinajstić information content (AvgIpc) is 3.06. The van der Waals surface area contributed by atoms with Crippen molar-refractivity contribution in [3.8, 4) is 0 Å². The van der Waals surface area contributed by atoms with Gasteiger partial charge in [-0.15, -0.1) is 0 Å². The monoisotopic (exact) mass is 480 g/mol. The second-order valence-electron chi connectivity index (χ2n) is 13.0. The quantitative estimate of drug-likeness (QED) is 0.292. The maximum Gasteiger partial charge on any atom is 0.159 e. The molecule has 0 aromatic rings. The molecule has 10 atom stereocenters. The summed E-state index contributed by atoms with van der Waals surface area (Å²) < 4.78 is 0. The summed E-state index contributed by atoms with van der Waals surface area (Å²) in [6.45, 7) is 9.70. The van der Waals surface area contributed by atoms with Crippen molar-refractivity contribution < 1.29 is 35.4 Å². The van der Waals surface area contributed by atoms with Crippen LogP contribution in [0.15, 0.2) is 11.6 Å². The highest BCUT2D eigenvalue weighted by atomic mass is 17.1. The molecular formula is C27H44O7. The highest BCUT2D eigenvalue weighted by molar-refractivity contribution is 5.95. The Kier molecular flexibility index (Phi) is 6.66. The van der Waals surface area contributed by atoms with E-state index in [0.29, 0.717) is 25.7 Å². The molecule has 5 N–H and O–H groups in total. The molecular weight excluding hydrogens is 436 g/mol. The van der Waals surface area contributed by atoms with Gasteiger partial charge < -0.3 is 20.4 Å². The maximum atomic E-state index is 13.3. The fourth-order valence-corrected chi connectivity index (χ4v) is 8.46. The Hall–Kier alpha value is -0.830. The SMILES string of the molecule is C[C@H]([C@H](O)CCC(C)(C)O)[C@H]1CC[C@@]2(OO)C3=CC(=O)[C@@H]4C[C@@H](O)[C@@H](O)C[C@]4(C)[C@H]3CC[C@]12C. The normalized spacial score (nSPS) is 46.2. The van der Waals surface area contributed by atoms with E-state index in [1.807, 2.05) is 13.8 Å². The molecule has 3 saturated carbocycles. The van der Waals surface area contributed by atoms with Crippen LogP contribution < -0.4 is 0 Å². The number of carbonyl (C=O) groups is 1. The van der Waals surface area contributed by atoms with Crippen molar-refractivity contribution in [3.05, 3.63) is 11.6 Å². The first-order chi connectivity index (χ1) is 15.7. The Bertz CT molecular complexity index is 833. The van der Waals surface area contributed by atoms with Crippen molar-refractivity contribution in [3.63, 3.8) is 0 Å². The van der Waals surface area contributed by atoms with Gasteiger partial charge >= 0.3 is 0 Å². The molecule has 0 aromatic carbocycles. The number of allylic oxidation sites excluding steroid dienone is 1. The van der Waals surface area contributed by atoms with E-state index in [2.05, 4.69) is 6.92 Å². The molecule has 0 saturated heterocycles. The number of carbonyl (C=O) groups excluding carboxylic acids is 1. The molecule has 4 aliphatic rings. The number of fused-ring (bicyclic) bond motifs is 5. The number of ketones is 1. The smallest absolute Gasteiger partial charge is 0.159 e. The first-order valence-corrected chi connectivity index (χ1v) is 13.1. The van der Waals surface area contributed by atoms with Gasteiger partial charge in [-0.1, -0.05) is 20.8 Å². The van der Waals surface area contributed by atoms with E-state index >= 15 is 0 Å². The molecule has 0 bridgehead atoms. The van der Waals surface area contributed by atoms with Crippen molar-refractivity contribution in [2.24, 2.45) is 34.5 Å². The summed E-state index contributed by atoms with van der Waals surface area (Å²) in [5.41, 5.74) is -1.97. The summed E-state index contributed by atoms with van der Waals surface area (Å²) in [4.78, 5) is 18.7. The van der Waals surface area contributed by atoms with Gasteiger partial charge in [0.1, 0.15) is 5.60 Å². The van der Waals surface area contributed by atoms with Crippen LogP contribution in [0.4, 0.5) is 0 Å². The van der Waals surface area contributed by atoms with E-state index in [0.717, 1.165) is 24.8 Å². The highest BCUT2D eigenvalue weighted by Crippen LogP contribution is 2.69. The van der Waals surface area contributed by atoms with E-state index in [1.165, 1.54) is 0 Å². The van der Waals surface area contributed by atoms with Crippen LogP contribution in [0.2, 0.25) is 0 Å². The first kappa shape index (κ1) is 26.2. The van der Waals surface area contributed by atoms with Crippen LogP contribution >= 0.6 is 0 Å². The third-order valence-electron chi connectivity index (χ3n) is 10.6. The molecule has 194 valence electrons. The van der Waals surface area contributed by atoms with E-state index < -0.39 is 40.3 Å². The average molecular weight is 481 g/mol. The summed E-state index contributed by atoms with van der Waals surface area (Å²) in [5.74, 6) is -0.401. The maximum absolute atomic E-state index is 13.3. The minimum absolute atomic E-state index is 0.0215. The van der Waals surface area contributed by atoms with Gasteiger partial charge in [0, 0.05) is 11.3 Å². The van der Waals surface area contributed by atoms with E-state index in [-0.39, 0.29) is 35.9 Å². The molecule has 3 fully saturated rings. The number of hydrogen-bond donors (Lipinski definition) is 5. The summed E-state index contributed by atoms with van der Waals surface area (Å²) in [6, 6.07) is 0. The van der Waals surface area contributed by atoms with Gasteiger partial charge in [0.25, 0.3) is 0 Å². The molecule has 0 radical (unpaired) electrons. The van der Waals surface area contributed by atoms with Crippen LogP contribution in [0.25, 0.3) is 0 Å². The van der Waals surface area contributed by atoms with Crippen molar-refractivity contribution in [2.75, 3.05) is 0 Å². The fourth-order valence-electron chi connectivity index (χ4n) is 8.46. The van der Waals surface area contributed by atoms with Crippen molar-refractivity contribution in [2.45, 2.75) is 115 Å². The van der Waals surface area contributed by atoms with Crippen LogP contribution in [-0.4, -0.2) is 61.0 Å². The van der Waals surface area contributed by atoms with E-state index in [1.54, 1.807) is 19.9 Å². The van der Waals surface area contributed by atoms with Crippen LogP contribution in [0.3, 0.4) is 0 Å². The Labute approximate surface area is 203 Å². The predicted molar refractivity (Wildman–Crippen MR) is 127 cm³/mol. The molecule has 4 rings (SSSR count). The van der Waals surface area contributed by atoms with Crippen LogP contribution in [0.5, 0.6) is 0 Å². The van der Waals surface area contributed by atoms with E-state index in [4.69, 9.17) is 4.89 Å². The second-order valence-corrected chi connectivity index (χ2v) is 13.0. The Morgan fingerprint density at radius 2 is 1.82 bits per heavy atom. The zero-order chi connectivity index (χ0) is 25.3. The lowest BCUT2D eigenvalue weighted by molar-refractivity contribution is -0.346. The molecule has 0 unspecified atom stereocenters. The first-order valence-electron chi connectivity index (χ1n) is 13.1. The van der Waals surface area contributed by atoms with Gasteiger partial charge in [-0.2, -0.15) is 0 Å². The molecule has 7 nitrogen and oxygen atoms in total. The fraction of sp³-hybridized carbons (Fsp3) is 0.889. The van der Waals surface area contributed by atoms with E-state index in [9.17, 15) is 30.5 Å². The Morgan fingerprint density at radius 3 is 2.44 bits per heavy atom. The van der Waals surface area contributed by atoms with Crippen molar-refractivity contribution >= 4 is 5.78 Å². The molecule has 0 amide bonds. The molecule has 0 aliphatic heterocycles. The molecule has 0 aromatic heterocycles. The van der Waals surface area contributed by atoms with Gasteiger partial charge in [0.05, 0.1) is 23.9 Å². The standard InChI is InChI=1S/C27H44O7/c1-15(20(28)8-9-24(2,3)32)16-7-11-27(34-33)18-12-21(29)19-13-22(30)23(31)14-25(19,4)17(18)6-10-26(16,27)5/h12,15-17,19-20,22-23,28,30-33H,6-11,13-14H2,1-5H3/t15-,16+,17-,19-,20+,22+,23-,25+,26+,27+/m0/s1. The summed E-state index contributed by atoms with van der Waals surface area (Å²) >= 11 is 0. The summed E-state index contributed by atoms with van der Waals surface area (Å²) in [6.07, 6.45) is 3.84. The van der Waals surface area contributed by atoms with Crippen molar-refractivity contribution in [1.82, 2.24) is 0 Å². The number of hydrogen-bond acceptors (Lipinski definition) is 7. The Balaban J connectivity index is 1.66. The van der Waals surface area contributed by atoms with Crippen LogP contribution in [0, 0.1) is 34.5 Å². The third-order valence-corrected chi connectivity index (χ3v) is 10.6. The van der Waals surface area contributed by atoms with Gasteiger partial charge in [-0.3, -0.25) is 10.1 Å². The van der Waals surface area contributed by atoms with Crippen molar-refractivity contribution in [1.29, 1.82) is 0 Å².